The normalized spacial score (nSPS) is 11.5. The molecular weight excluding hydrogens is 340 g/mol. The first-order valence-electron chi connectivity index (χ1n) is 6.53. The molecule has 0 saturated heterocycles. The summed E-state index contributed by atoms with van der Waals surface area (Å²) in [6, 6.07) is 11.2. The lowest BCUT2D eigenvalue weighted by molar-refractivity contribution is 0.493. The number of benzene rings is 1. The second-order valence-electron chi connectivity index (χ2n) is 4.50. The van der Waals surface area contributed by atoms with Crippen molar-refractivity contribution in [3.63, 3.8) is 0 Å². The van der Waals surface area contributed by atoms with Crippen molar-refractivity contribution < 1.29 is 12.8 Å². The van der Waals surface area contributed by atoms with Crippen LogP contribution in [0.25, 0.3) is 11.6 Å². The van der Waals surface area contributed by atoms with Crippen LogP contribution >= 0.6 is 11.6 Å². The van der Waals surface area contributed by atoms with Gasteiger partial charge in [-0.3, -0.25) is 4.98 Å². The molecule has 0 atom stereocenters. The van der Waals surface area contributed by atoms with Crippen LogP contribution in [0.1, 0.15) is 5.89 Å². The van der Waals surface area contributed by atoms with E-state index in [-0.39, 0.29) is 23.2 Å². The molecule has 0 radical (unpaired) electrons. The molecule has 0 spiro atoms. The third-order valence-corrected chi connectivity index (χ3v) is 4.50. The monoisotopic (exact) mass is 350 g/mol. The maximum atomic E-state index is 12.2. The van der Waals surface area contributed by atoms with Crippen molar-refractivity contribution in [3.8, 4) is 11.6 Å². The second kappa shape index (κ2) is 6.45. The number of nitrogens with zero attached hydrogens (tertiary/aromatic N) is 3. The molecule has 118 valence electrons. The van der Waals surface area contributed by atoms with Crippen LogP contribution in [-0.4, -0.2) is 23.6 Å². The van der Waals surface area contributed by atoms with Gasteiger partial charge in [0, 0.05) is 11.2 Å². The summed E-state index contributed by atoms with van der Waals surface area (Å²) in [6.07, 6.45) is 1.60. The predicted molar refractivity (Wildman–Crippen MR) is 83.0 cm³/mol. The number of rotatable bonds is 5. The van der Waals surface area contributed by atoms with E-state index in [1.165, 1.54) is 12.1 Å². The molecule has 1 N–H and O–H groups in total. The highest BCUT2D eigenvalue weighted by Crippen LogP contribution is 2.17. The number of halogens is 1. The number of pyridine rings is 1. The van der Waals surface area contributed by atoms with Gasteiger partial charge in [-0.15, -0.1) is 10.2 Å². The summed E-state index contributed by atoms with van der Waals surface area (Å²) in [4.78, 5) is 4.14. The fourth-order valence-electron chi connectivity index (χ4n) is 1.79. The van der Waals surface area contributed by atoms with Gasteiger partial charge in [-0.25, -0.2) is 13.1 Å². The Morgan fingerprint density at radius 1 is 1.13 bits per heavy atom. The quantitative estimate of drug-likeness (QED) is 0.758. The first-order valence-corrected chi connectivity index (χ1v) is 8.40. The van der Waals surface area contributed by atoms with E-state index in [0.29, 0.717) is 10.7 Å². The van der Waals surface area contributed by atoms with Crippen LogP contribution in [0.15, 0.2) is 58.0 Å². The van der Waals surface area contributed by atoms with Crippen LogP contribution in [0, 0.1) is 0 Å². The highest BCUT2D eigenvalue weighted by molar-refractivity contribution is 7.89. The lowest BCUT2D eigenvalue weighted by atomic mass is 10.3. The van der Waals surface area contributed by atoms with E-state index in [9.17, 15) is 8.42 Å². The standard InChI is InChI=1S/C14H11ClN4O3S/c15-10-4-3-5-11(8-10)23(20,21)17-9-13-18-19-14(22-13)12-6-1-2-7-16-12/h1-8,17H,9H2. The highest BCUT2D eigenvalue weighted by Gasteiger charge is 2.16. The molecule has 3 rings (SSSR count). The van der Waals surface area contributed by atoms with Crippen LogP contribution in [0.4, 0.5) is 0 Å². The van der Waals surface area contributed by atoms with Crippen molar-refractivity contribution in [2.24, 2.45) is 0 Å². The van der Waals surface area contributed by atoms with Crippen LogP contribution in [-0.2, 0) is 16.6 Å². The van der Waals surface area contributed by atoms with Crippen molar-refractivity contribution in [2.45, 2.75) is 11.4 Å². The first kappa shape index (κ1) is 15.6. The number of sulfonamides is 1. The summed E-state index contributed by atoms with van der Waals surface area (Å²) in [7, 11) is -3.71. The zero-order chi connectivity index (χ0) is 16.3. The fraction of sp³-hybridized carbons (Fsp3) is 0.0714. The molecule has 2 aromatic heterocycles. The lowest BCUT2D eigenvalue weighted by Gasteiger charge is -2.04. The molecule has 0 aliphatic carbocycles. The van der Waals surface area contributed by atoms with Crippen LogP contribution in [0.3, 0.4) is 0 Å². The summed E-state index contributed by atoms with van der Waals surface area (Å²) in [5, 5.41) is 7.97. The van der Waals surface area contributed by atoms with Gasteiger partial charge in [-0.2, -0.15) is 0 Å². The molecule has 0 unspecified atom stereocenters. The maximum Gasteiger partial charge on any atom is 0.266 e. The fourth-order valence-corrected chi connectivity index (χ4v) is 3.07. The van der Waals surface area contributed by atoms with Crippen molar-refractivity contribution in [3.05, 3.63) is 59.6 Å². The zero-order valence-corrected chi connectivity index (χ0v) is 13.3. The summed E-state index contributed by atoms with van der Waals surface area (Å²) in [5.41, 5.74) is 0.518. The number of hydrogen-bond acceptors (Lipinski definition) is 6. The van der Waals surface area contributed by atoms with Gasteiger partial charge < -0.3 is 4.42 Å². The predicted octanol–water partition coefficient (Wildman–Crippen LogP) is 2.26. The van der Waals surface area contributed by atoms with E-state index in [4.69, 9.17) is 16.0 Å². The van der Waals surface area contributed by atoms with E-state index in [2.05, 4.69) is 19.9 Å². The molecule has 0 aliphatic heterocycles. The van der Waals surface area contributed by atoms with E-state index in [1.54, 1.807) is 36.5 Å². The van der Waals surface area contributed by atoms with Crippen molar-refractivity contribution in [1.82, 2.24) is 19.9 Å². The van der Waals surface area contributed by atoms with Gasteiger partial charge >= 0.3 is 0 Å². The Balaban J connectivity index is 1.73. The van der Waals surface area contributed by atoms with Gasteiger partial charge in [-0.1, -0.05) is 23.7 Å². The van der Waals surface area contributed by atoms with E-state index in [0.717, 1.165) is 0 Å². The molecule has 0 fully saturated rings. The zero-order valence-electron chi connectivity index (χ0n) is 11.7. The first-order chi connectivity index (χ1) is 11.0. The van der Waals surface area contributed by atoms with E-state index in [1.807, 2.05) is 0 Å². The molecule has 23 heavy (non-hydrogen) atoms. The SMILES string of the molecule is O=S(=O)(NCc1nnc(-c2ccccn2)o1)c1cccc(Cl)c1. The van der Waals surface area contributed by atoms with Crippen LogP contribution in [0.5, 0.6) is 0 Å². The molecule has 7 nitrogen and oxygen atoms in total. The number of aromatic nitrogens is 3. The smallest absolute Gasteiger partial charge is 0.266 e. The van der Waals surface area contributed by atoms with Gasteiger partial charge in [0.2, 0.25) is 15.9 Å². The summed E-state index contributed by atoms with van der Waals surface area (Å²) >= 11 is 5.80. The summed E-state index contributed by atoms with van der Waals surface area (Å²) in [6.45, 7) is -0.130. The number of hydrogen-bond donors (Lipinski definition) is 1. The Bertz CT molecular complexity index is 913. The molecule has 0 bridgehead atoms. The number of nitrogens with one attached hydrogen (secondary N) is 1. The topological polar surface area (TPSA) is 98.0 Å². The molecule has 0 saturated carbocycles. The highest BCUT2D eigenvalue weighted by atomic mass is 35.5. The second-order valence-corrected chi connectivity index (χ2v) is 6.70. The summed E-state index contributed by atoms with van der Waals surface area (Å²) < 4.78 is 32.1. The van der Waals surface area contributed by atoms with Crippen molar-refractivity contribution in [2.75, 3.05) is 0 Å². The Hall–Kier alpha value is -2.29. The molecule has 1 aromatic carbocycles. The Morgan fingerprint density at radius 3 is 2.74 bits per heavy atom. The van der Waals surface area contributed by atoms with E-state index < -0.39 is 10.0 Å². The summed E-state index contributed by atoms with van der Waals surface area (Å²) in [5.74, 6) is 0.360. The molecule has 0 aliphatic rings. The minimum absolute atomic E-state index is 0.0643. The third kappa shape index (κ3) is 3.73. The minimum Gasteiger partial charge on any atom is -0.418 e. The van der Waals surface area contributed by atoms with Crippen molar-refractivity contribution in [1.29, 1.82) is 0 Å². The van der Waals surface area contributed by atoms with Gasteiger partial charge in [0.25, 0.3) is 5.89 Å². The Kier molecular flexibility index (Phi) is 4.37. The van der Waals surface area contributed by atoms with Gasteiger partial charge in [-0.05, 0) is 30.3 Å². The largest absolute Gasteiger partial charge is 0.418 e. The van der Waals surface area contributed by atoms with Gasteiger partial charge in [0.1, 0.15) is 5.69 Å². The van der Waals surface area contributed by atoms with E-state index >= 15 is 0 Å². The Labute approximate surface area is 137 Å². The van der Waals surface area contributed by atoms with Crippen molar-refractivity contribution >= 4 is 21.6 Å². The molecule has 9 heteroatoms. The molecule has 3 aromatic rings. The Morgan fingerprint density at radius 2 is 2.00 bits per heavy atom. The average molecular weight is 351 g/mol. The lowest BCUT2D eigenvalue weighted by Crippen LogP contribution is -2.23. The molecule has 0 amide bonds. The third-order valence-electron chi connectivity index (χ3n) is 2.87. The maximum absolute atomic E-state index is 12.2. The molecule has 2 heterocycles. The van der Waals surface area contributed by atoms with Gasteiger partial charge in [0.15, 0.2) is 0 Å². The van der Waals surface area contributed by atoms with Crippen LogP contribution in [0.2, 0.25) is 5.02 Å². The molecular formula is C14H11ClN4O3S. The van der Waals surface area contributed by atoms with Crippen LogP contribution < -0.4 is 4.72 Å². The average Bonchev–Trinajstić information content (AvgIpc) is 3.03. The van der Waals surface area contributed by atoms with Gasteiger partial charge in [0.05, 0.1) is 11.4 Å². The minimum atomic E-state index is -3.71.